The first-order chi connectivity index (χ1) is 3.31. The topological polar surface area (TPSA) is 57.8 Å². The third kappa shape index (κ3) is 11.3. The van der Waals surface area contributed by atoms with Gasteiger partial charge >= 0.3 is 5.97 Å². The molecule has 0 atom stereocenters. The molecule has 0 aliphatic heterocycles. The van der Waals surface area contributed by atoms with Crippen LogP contribution in [-0.2, 0) is 9.53 Å². The highest BCUT2D eigenvalue weighted by molar-refractivity contribution is 5.85. The second kappa shape index (κ2) is 10.7. The molecule has 0 fully saturated rings. The van der Waals surface area contributed by atoms with E-state index in [2.05, 4.69) is 4.74 Å². The van der Waals surface area contributed by atoms with Crippen LogP contribution in [0.3, 0.4) is 0 Å². The van der Waals surface area contributed by atoms with E-state index in [9.17, 15) is 4.79 Å². The van der Waals surface area contributed by atoms with Crippen molar-refractivity contribution in [2.45, 2.75) is 19.8 Å². The van der Waals surface area contributed by atoms with Crippen LogP contribution in [0.5, 0.6) is 0 Å². The van der Waals surface area contributed by atoms with Crippen molar-refractivity contribution >= 4 is 18.4 Å². The molecule has 0 saturated heterocycles. The fraction of sp³-hybridized carbons (Fsp3) is 0.800. The molecule has 0 aromatic carbocycles. The molecule has 2 N–H and O–H groups in total. The van der Waals surface area contributed by atoms with Gasteiger partial charge in [0.25, 0.3) is 0 Å². The minimum Gasteiger partial charge on any atom is -0.469 e. The largest absolute Gasteiger partial charge is 0.469 e. The van der Waals surface area contributed by atoms with Crippen LogP contribution in [0.25, 0.3) is 0 Å². The van der Waals surface area contributed by atoms with E-state index in [1.54, 1.807) is 0 Å². The van der Waals surface area contributed by atoms with E-state index < -0.39 is 0 Å². The lowest BCUT2D eigenvalue weighted by molar-refractivity contribution is -0.140. The smallest absolute Gasteiger partial charge is 0.305 e. The number of esters is 1. The summed E-state index contributed by atoms with van der Waals surface area (Å²) < 4.78 is 4.35. The van der Waals surface area contributed by atoms with Gasteiger partial charge in [-0.25, -0.2) is 0 Å². The van der Waals surface area contributed by atoms with Gasteiger partial charge in [0.1, 0.15) is 0 Å². The van der Waals surface area contributed by atoms with Crippen LogP contribution >= 0.6 is 12.4 Å². The number of ether oxygens (including phenoxy) is 1. The first-order valence-corrected chi connectivity index (χ1v) is 2.38. The van der Waals surface area contributed by atoms with Crippen molar-refractivity contribution in [2.24, 2.45) is 0 Å². The summed E-state index contributed by atoms with van der Waals surface area (Å²) in [6, 6.07) is 0. The molecule has 0 rings (SSSR count). The Morgan fingerprint density at radius 1 is 1.56 bits per heavy atom. The predicted molar refractivity (Wildman–Crippen MR) is 37.8 cm³/mol. The Morgan fingerprint density at radius 3 is 2.11 bits per heavy atom. The van der Waals surface area contributed by atoms with Crippen LogP contribution < -0.4 is 0 Å². The number of carbonyl (C=O) groups is 1. The van der Waals surface area contributed by atoms with Gasteiger partial charge in [0.2, 0.25) is 0 Å². The quantitative estimate of drug-likeness (QED) is 0.549. The minimum atomic E-state index is -0.123. The number of rotatable bonds is 2. The summed E-state index contributed by atoms with van der Waals surface area (Å²) in [4.78, 5) is 10.2. The van der Waals surface area contributed by atoms with E-state index in [0.717, 1.165) is 6.42 Å². The monoisotopic (exact) mass is 156 g/mol. The van der Waals surface area contributed by atoms with E-state index in [1.165, 1.54) is 7.11 Å². The molecule has 0 spiro atoms. The van der Waals surface area contributed by atoms with Gasteiger partial charge in [0.15, 0.2) is 0 Å². The molecule has 9 heavy (non-hydrogen) atoms. The zero-order valence-electron chi connectivity index (χ0n) is 5.64. The van der Waals surface area contributed by atoms with Crippen molar-refractivity contribution in [1.82, 2.24) is 0 Å². The lowest BCUT2D eigenvalue weighted by atomic mass is 10.3. The van der Waals surface area contributed by atoms with E-state index in [0.29, 0.717) is 6.42 Å². The van der Waals surface area contributed by atoms with E-state index in [4.69, 9.17) is 0 Å². The van der Waals surface area contributed by atoms with Crippen LogP contribution in [0.1, 0.15) is 19.8 Å². The third-order valence-electron chi connectivity index (χ3n) is 0.682. The number of hydrogen-bond donors (Lipinski definition) is 0. The summed E-state index contributed by atoms with van der Waals surface area (Å²) in [5.74, 6) is -0.123. The van der Waals surface area contributed by atoms with Gasteiger partial charge in [0.05, 0.1) is 7.11 Å². The maximum atomic E-state index is 10.2. The lowest BCUT2D eigenvalue weighted by Gasteiger charge is -1.91. The Bertz CT molecular complexity index is 65.2. The Balaban J connectivity index is -0.000000180. The Hall–Kier alpha value is -0.280. The van der Waals surface area contributed by atoms with Gasteiger partial charge in [0, 0.05) is 6.42 Å². The molecule has 0 unspecified atom stereocenters. The van der Waals surface area contributed by atoms with Crippen molar-refractivity contribution in [3.63, 3.8) is 0 Å². The summed E-state index contributed by atoms with van der Waals surface area (Å²) in [6.45, 7) is 1.94. The Labute approximate surface area is 61.1 Å². The van der Waals surface area contributed by atoms with Crippen molar-refractivity contribution in [3.8, 4) is 0 Å². The van der Waals surface area contributed by atoms with Crippen LogP contribution in [0.4, 0.5) is 0 Å². The molecule has 0 aliphatic rings. The second-order valence-electron chi connectivity index (χ2n) is 1.33. The number of carbonyl (C=O) groups excluding carboxylic acids is 1. The summed E-state index contributed by atoms with van der Waals surface area (Å²) in [7, 11) is 1.40. The lowest BCUT2D eigenvalue weighted by Crippen LogP contribution is -1.97. The fourth-order valence-electron chi connectivity index (χ4n) is 0.306. The average Bonchev–Trinajstić information content (AvgIpc) is 1.68. The van der Waals surface area contributed by atoms with Gasteiger partial charge < -0.3 is 10.2 Å². The SMILES string of the molecule is CCCC(=O)OC.Cl.O. The maximum Gasteiger partial charge on any atom is 0.305 e. The van der Waals surface area contributed by atoms with Crippen LogP contribution in [0.2, 0.25) is 0 Å². The number of methoxy groups -OCH3 is 1. The van der Waals surface area contributed by atoms with Crippen molar-refractivity contribution < 1.29 is 15.0 Å². The van der Waals surface area contributed by atoms with Gasteiger partial charge in [-0.3, -0.25) is 4.79 Å². The van der Waals surface area contributed by atoms with Gasteiger partial charge in [-0.2, -0.15) is 0 Å². The Kier molecular flexibility index (Phi) is 18.8. The van der Waals surface area contributed by atoms with Crippen LogP contribution in [-0.4, -0.2) is 18.6 Å². The van der Waals surface area contributed by atoms with Gasteiger partial charge in [-0.15, -0.1) is 12.4 Å². The first-order valence-electron chi connectivity index (χ1n) is 2.38. The molecule has 4 heteroatoms. The van der Waals surface area contributed by atoms with E-state index in [1.807, 2.05) is 6.92 Å². The molecular formula is C5H13ClO3. The van der Waals surface area contributed by atoms with Crippen molar-refractivity contribution in [3.05, 3.63) is 0 Å². The molecule has 0 bridgehead atoms. The third-order valence-corrected chi connectivity index (χ3v) is 0.682. The summed E-state index contributed by atoms with van der Waals surface area (Å²) in [5.41, 5.74) is 0. The molecule has 0 amide bonds. The molecule has 0 aliphatic carbocycles. The highest BCUT2D eigenvalue weighted by atomic mass is 35.5. The van der Waals surface area contributed by atoms with Crippen molar-refractivity contribution in [2.75, 3.05) is 7.11 Å². The molecule has 0 saturated carbocycles. The highest BCUT2D eigenvalue weighted by Gasteiger charge is 1.92. The molecule has 58 valence electrons. The molecule has 0 aromatic heterocycles. The van der Waals surface area contributed by atoms with Gasteiger partial charge in [-0.1, -0.05) is 6.92 Å². The molecule has 0 aromatic rings. The normalized spacial score (nSPS) is 6.44. The molecular weight excluding hydrogens is 144 g/mol. The van der Waals surface area contributed by atoms with E-state index >= 15 is 0 Å². The summed E-state index contributed by atoms with van der Waals surface area (Å²) in [6.07, 6.45) is 1.41. The maximum absolute atomic E-state index is 10.2. The highest BCUT2D eigenvalue weighted by Crippen LogP contribution is 1.86. The first kappa shape index (κ1) is 15.9. The van der Waals surface area contributed by atoms with Crippen LogP contribution in [0.15, 0.2) is 0 Å². The minimum absolute atomic E-state index is 0. The Morgan fingerprint density at radius 2 is 2.00 bits per heavy atom. The fourth-order valence-corrected chi connectivity index (χ4v) is 0.306. The van der Waals surface area contributed by atoms with E-state index in [-0.39, 0.29) is 23.9 Å². The zero-order valence-corrected chi connectivity index (χ0v) is 6.46. The molecule has 0 radical (unpaired) electrons. The average molecular weight is 157 g/mol. The second-order valence-corrected chi connectivity index (χ2v) is 1.33. The summed E-state index contributed by atoms with van der Waals surface area (Å²) in [5, 5.41) is 0. The predicted octanol–water partition coefficient (Wildman–Crippen LogP) is 0.557. The molecule has 3 nitrogen and oxygen atoms in total. The van der Waals surface area contributed by atoms with Crippen molar-refractivity contribution in [1.29, 1.82) is 0 Å². The van der Waals surface area contributed by atoms with Crippen LogP contribution in [0, 0.1) is 0 Å². The standard InChI is InChI=1S/C5H10O2.ClH.H2O/c1-3-4-5(6)7-2;;/h3-4H2,1-2H3;1H;1H2. The molecule has 0 heterocycles. The van der Waals surface area contributed by atoms with Gasteiger partial charge in [-0.05, 0) is 6.42 Å². The number of halogens is 1. The summed E-state index contributed by atoms with van der Waals surface area (Å²) >= 11 is 0. The number of hydrogen-bond acceptors (Lipinski definition) is 2. The zero-order chi connectivity index (χ0) is 5.70.